The van der Waals surface area contributed by atoms with Gasteiger partial charge in [0.2, 0.25) is 12.2 Å². The Morgan fingerprint density at radius 2 is 1.59 bits per heavy atom. The lowest BCUT2D eigenvalue weighted by Crippen LogP contribution is -2.64. The number of pyridine rings is 1. The Labute approximate surface area is 583 Å². The Bertz CT molecular complexity index is 4280. The van der Waals surface area contributed by atoms with E-state index in [1.807, 2.05) is 52.9 Å². The van der Waals surface area contributed by atoms with Gasteiger partial charge in [-0.2, -0.15) is 13.5 Å². The van der Waals surface area contributed by atoms with E-state index in [1.165, 1.54) is 29.5 Å². The largest absolute Gasteiger partial charge is 0.491 e. The van der Waals surface area contributed by atoms with Gasteiger partial charge in [0.1, 0.15) is 48.8 Å². The number of anilines is 2. The van der Waals surface area contributed by atoms with E-state index < -0.39 is 101 Å². The van der Waals surface area contributed by atoms with Crippen molar-refractivity contribution in [1.29, 1.82) is 0 Å². The number of rotatable bonds is 29. The number of ether oxygens (including phenoxy) is 6. The number of amides is 5. The van der Waals surface area contributed by atoms with Gasteiger partial charge in [-0.3, -0.25) is 38.6 Å². The molecule has 538 valence electrons. The summed E-state index contributed by atoms with van der Waals surface area (Å²) in [5.41, 5.74) is 3.60. The number of nitrogens with zero attached hydrogens (tertiary/aromatic N) is 7. The number of aromatic nitrogens is 4. The summed E-state index contributed by atoms with van der Waals surface area (Å²) in [7, 11) is -4.60. The lowest BCUT2D eigenvalue weighted by atomic mass is 9.39. The maximum Gasteiger partial charge on any atom is 0.410 e. The Hall–Kier alpha value is -8.99. The Balaban J connectivity index is 0.697. The number of hydrogen-bond acceptors (Lipinski definition) is 23. The van der Waals surface area contributed by atoms with Crippen LogP contribution in [0.25, 0.3) is 21.3 Å². The zero-order valence-corrected chi connectivity index (χ0v) is 57.3. The first-order valence-corrected chi connectivity index (χ1v) is 35.5. The van der Waals surface area contributed by atoms with E-state index in [-0.39, 0.29) is 97.4 Å². The Kier molecular flexibility index (Phi) is 20.7. The number of hydrogen-bond donors (Lipinski definition) is 8. The SMILES string of the molecule is Cc1c(-c2ccc(N3CCc4cccc(C(=O)Nc5nc6ccccc6s5)c4C3)nc2C(=O)O)cnn1CC12CC3(C)CC(C)(C1)CC(OCCN(CCS(=O)(=O)O)C(=O)OCc1ccc(O[C@@H]4O[C@H](C(=O)O)[C@@H](O)[C@H](O)[C@H]4O)cc1OCCOCCNC(=O)CCN1C(=O)C=CC1=O)(C3)C2. The van der Waals surface area contributed by atoms with Crippen LogP contribution in [0.5, 0.6) is 11.5 Å². The average molecular weight is 1430 g/mol. The van der Waals surface area contributed by atoms with Gasteiger partial charge in [0.25, 0.3) is 27.8 Å². The fourth-order valence-electron chi connectivity index (χ4n) is 16.2. The molecule has 4 saturated carbocycles. The first-order valence-electron chi connectivity index (χ1n) is 33.1. The second kappa shape index (κ2) is 29.2. The van der Waals surface area contributed by atoms with E-state index in [0.29, 0.717) is 73.0 Å². The molecule has 6 heterocycles. The molecule has 3 aliphatic heterocycles. The predicted molar refractivity (Wildman–Crippen MR) is 360 cm³/mol. The number of carbonyl (C=O) groups is 7. The van der Waals surface area contributed by atoms with Crippen molar-refractivity contribution in [2.45, 2.75) is 128 Å². The normalized spacial score (nSPS) is 25.1. The number of aliphatic hydroxyl groups excluding tert-OH is 3. The second-order valence-corrected chi connectivity index (χ2v) is 30.2. The third kappa shape index (κ3) is 16.2. The molecular weight excluding hydrogens is 1350 g/mol. The number of fused-ring (bicyclic) bond motifs is 2. The van der Waals surface area contributed by atoms with Gasteiger partial charge < -0.3 is 69.1 Å². The van der Waals surface area contributed by atoms with Crippen molar-refractivity contribution >= 4 is 84.3 Å². The van der Waals surface area contributed by atoms with Gasteiger partial charge in [-0.25, -0.2) is 24.4 Å². The molecule has 0 spiro atoms. The molecule has 3 aromatic heterocycles. The highest BCUT2D eigenvalue weighted by Crippen LogP contribution is 2.72. The number of para-hydroxylation sites is 1. The highest BCUT2D eigenvalue weighted by atomic mass is 32.2. The first-order chi connectivity index (χ1) is 48.1. The maximum atomic E-state index is 14.2. The molecule has 6 aromatic rings. The van der Waals surface area contributed by atoms with E-state index in [2.05, 4.69) is 29.5 Å². The quantitative estimate of drug-likeness (QED) is 0.0171. The van der Waals surface area contributed by atoms with Gasteiger partial charge >= 0.3 is 18.0 Å². The van der Waals surface area contributed by atoms with Crippen LogP contribution >= 0.6 is 11.3 Å². The summed E-state index contributed by atoms with van der Waals surface area (Å²) in [5.74, 6) is -5.07. The number of imide groups is 1. The van der Waals surface area contributed by atoms with E-state index in [0.717, 1.165) is 68.3 Å². The Morgan fingerprint density at radius 1 is 0.832 bits per heavy atom. The summed E-state index contributed by atoms with van der Waals surface area (Å²) in [5, 5.41) is 62.7. The van der Waals surface area contributed by atoms with Gasteiger partial charge in [-0.1, -0.05) is 49.4 Å². The molecular formula is C69H79N9O21S2. The molecule has 5 amide bonds. The van der Waals surface area contributed by atoms with Gasteiger partial charge in [-0.05, 0) is 122 Å². The summed E-state index contributed by atoms with van der Waals surface area (Å²) in [6.45, 7) is 6.36. The molecule has 8 N–H and O–H groups in total. The summed E-state index contributed by atoms with van der Waals surface area (Å²) in [6, 6.07) is 20.9. The number of carboxylic acid groups (broad SMARTS) is 2. The van der Waals surface area contributed by atoms with Gasteiger partial charge in [0.05, 0.1) is 47.6 Å². The zero-order valence-electron chi connectivity index (χ0n) is 55.7. The molecule has 4 bridgehead atoms. The summed E-state index contributed by atoms with van der Waals surface area (Å²) in [4.78, 5) is 102. The second-order valence-electron chi connectivity index (χ2n) is 27.6. The summed E-state index contributed by atoms with van der Waals surface area (Å²) in [6.07, 6.45) is -1.53. The van der Waals surface area contributed by atoms with Crippen molar-refractivity contribution in [2.75, 3.05) is 75.1 Å². The number of carbonyl (C=O) groups excluding carboxylic acids is 5. The standard InChI is InChI=1S/C69H79N9O21S2/c1-40-46(44-13-14-51(73-55(44)61(86)87)76-20-17-41-7-6-8-45(47(41)31-76)60(85)74-64-72-48-9-4-5-10-50(48)100-64)30-71-78(40)39-68-34-66(2)33-67(3,35-68)37-69(36-66,38-68)97-25-22-75(23-28-101(91,92)93)65(90)96-32-42-11-12-43(98-63-58(84)56(82)57(83)59(99-63)62(88)89)29-49(42)95-27-26-94-24-19-70-52(79)18-21-77-53(80)15-16-54(77)81/h4-16,29-30,56-59,63,82-84H,17-28,31-39H2,1-3H3,(H,70,79)(H,86,87)(H,88,89)(H,72,74,85)(H,91,92,93)/t56-,57-,58+,59-,63+,66?,67?,68?,69?/m0/s1. The van der Waals surface area contributed by atoms with Crippen LogP contribution in [0.4, 0.5) is 15.7 Å². The molecule has 0 radical (unpaired) electrons. The molecule has 7 atom stereocenters. The van der Waals surface area contributed by atoms with Crippen LogP contribution in [0.3, 0.4) is 0 Å². The van der Waals surface area contributed by atoms with Crippen molar-refractivity contribution in [2.24, 2.45) is 16.2 Å². The minimum absolute atomic E-state index is 0.0125. The molecule has 5 fully saturated rings. The third-order valence-corrected chi connectivity index (χ3v) is 21.2. The molecule has 30 nitrogen and oxygen atoms in total. The summed E-state index contributed by atoms with van der Waals surface area (Å²) < 4.78 is 72.7. The number of carboxylic acids is 2. The van der Waals surface area contributed by atoms with Gasteiger partial charge in [-0.15, -0.1) is 0 Å². The van der Waals surface area contributed by atoms with Crippen LogP contribution in [-0.4, -0.2) is 211 Å². The molecule has 3 aromatic carbocycles. The smallest absolute Gasteiger partial charge is 0.410 e. The maximum absolute atomic E-state index is 14.2. The van der Waals surface area contributed by atoms with Crippen LogP contribution in [0.1, 0.15) is 102 Å². The van der Waals surface area contributed by atoms with Crippen LogP contribution in [0.2, 0.25) is 0 Å². The van der Waals surface area contributed by atoms with E-state index >= 15 is 0 Å². The van der Waals surface area contributed by atoms with E-state index in [9.17, 15) is 72.1 Å². The van der Waals surface area contributed by atoms with Crippen LogP contribution in [-0.2, 0) is 74.4 Å². The fourth-order valence-corrected chi connectivity index (χ4v) is 17.5. The molecule has 4 aliphatic carbocycles. The molecule has 7 aliphatic rings. The minimum Gasteiger partial charge on any atom is -0.491 e. The van der Waals surface area contributed by atoms with Crippen molar-refractivity contribution in [3.05, 3.63) is 125 Å². The molecule has 32 heteroatoms. The molecule has 101 heavy (non-hydrogen) atoms. The minimum atomic E-state index is -4.60. The van der Waals surface area contributed by atoms with Crippen molar-refractivity contribution in [3.63, 3.8) is 0 Å². The van der Waals surface area contributed by atoms with E-state index in [4.69, 9.17) is 38.5 Å². The van der Waals surface area contributed by atoms with Crippen LogP contribution < -0.4 is 25.0 Å². The van der Waals surface area contributed by atoms with Crippen LogP contribution in [0, 0.1) is 23.2 Å². The fraction of sp³-hybridized carbons (Fsp3) is 0.478. The van der Waals surface area contributed by atoms with Crippen molar-refractivity contribution in [3.8, 4) is 22.6 Å². The predicted octanol–water partition coefficient (Wildman–Crippen LogP) is 5.14. The topological polar surface area (TPSA) is 408 Å². The molecule has 13 rings (SSSR count). The zero-order chi connectivity index (χ0) is 71.8. The lowest BCUT2D eigenvalue weighted by molar-refractivity contribution is -0.271. The monoisotopic (exact) mass is 1430 g/mol. The molecule has 1 saturated heterocycles. The number of benzene rings is 3. The number of nitrogens with one attached hydrogen (secondary N) is 2. The number of aromatic carboxylic acids is 1. The molecule has 2 unspecified atom stereocenters. The van der Waals surface area contributed by atoms with Gasteiger partial charge in [0.15, 0.2) is 16.9 Å². The summed E-state index contributed by atoms with van der Waals surface area (Å²) >= 11 is 1.39. The lowest BCUT2D eigenvalue weighted by Gasteiger charge is -2.69. The highest BCUT2D eigenvalue weighted by molar-refractivity contribution is 7.85. The van der Waals surface area contributed by atoms with Crippen molar-refractivity contribution < 1.29 is 100 Å². The van der Waals surface area contributed by atoms with E-state index in [1.54, 1.807) is 24.4 Å². The Morgan fingerprint density at radius 3 is 2.33 bits per heavy atom. The number of thiazole rings is 1. The van der Waals surface area contributed by atoms with Gasteiger partial charge in [0, 0.05) is 98.4 Å². The number of aliphatic hydroxyl groups is 3. The third-order valence-electron chi connectivity index (χ3n) is 19.6. The van der Waals surface area contributed by atoms with Crippen molar-refractivity contribution in [1.82, 2.24) is 34.9 Å². The average Bonchev–Trinajstić information content (AvgIpc) is 1.37. The van der Waals surface area contributed by atoms with Crippen LogP contribution in [0.15, 0.2) is 91.1 Å². The highest BCUT2D eigenvalue weighted by Gasteiger charge is 2.66. The number of aliphatic carboxylic acids is 1. The first kappa shape index (κ1) is 71.8.